The summed E-state index contributed by atoms with van der Waals surface area (Å²) in [6.07, 6.45) is 4.20. The minimum atomic E-state index is 0.402. The van der Waals surface area contributed by atoms with E-state index in [1.54, 1.807) is 11.3 Å². The van der Waals surface area contributed by atoms with Crippen molar-refractivity contribution in [2.45, 2.75) is 18.9 Å². The van der Waals surface area contributed by atoms with Crippen LogP contribution in [0, 0.1) is 0 Å². The average molecular weight is 461 g/mol. The van der Waals surface area contributed by atoms with Crippen LogP contribution >= 0.6 is 11.3 Å². The Labute approximate surface area is 201 Å². The lowest BCUT2D eigenvalue weighted by Crippen LogP contribution is -2.29. The van der Waals surface area contributed by atoms with E-state index in [1.807, 2.05) is 6.20 Å². The van der Waals surface area contributed by atoms with E-state index < -0.39 is 0 Å². The summed E-state index contributed by atoms with van der Waals surface area (Å²) in [6.45, 7) is 2.06. The molecule has 34 heavy (non-hydrogen) atoms. The fourth-order valence-corrected chi connectivity index (χ4v) is 6.20. The van der Waals surface area contributed by atoms with Gasteiger partial charge >= 0.3 is 0 Å². The molecule has 1 fully saturated rings. The lowest BCUT2D eigenvalue weighted by atomic mass is 10.0. The molecule has 7 rings (SSSR count). The molecule has 166 valence electrons. The number of aromatic nitrogens is 3. The van der Waals surface area contributed by atoms with Gasteiger partial charge in [0, 0.05) is 38.8 Å². The van der Waals surface area contributed by atoms with E-state index in [9.17, 15) is 0 Å². The zero-order chi connectivity index (χ0) is 22.5. The smallest absolute Gasteiger partial charge is 0.160 e. The highest BCUT2D eigenvalue weighted by molar-refractivity contribution is 7.17. The van der Waals surface area contributed by atoms with E-state index in [0.717, 1.165) is 48.5 Å². The summed E-state index contributed by atoms with van der Waals surface area (Å²) >= 11 is 1.79. The van der Waals surface area contributed by atoms with Crippen molar-refractivity contribution in [2.24, 2.45) is 0 Å². The molecule has 3 aromatic heterocycles. The van der Waals surface area contributed by atoms with Crippen LogP contribution in [0.3, 0.4) is 0 Å². The number of pyridine rings is 1. The van der Waals surface area contributed by atoms with E-state index >= 15 is 0 Å². The number of hydrogen-bond acceptors (Lipinski definition) is 4. The second-order valence-electron chi connectivity index (χ2n) is 9.06. The molecular weight excluding hydrogens is 436 g/mol. The van der Waals surface area contributed by atoms with Crippen LogP contribution in [0.2, 0.25) is 0 Å². The minimum Gasteiger partial charge on any atom is -0.317 e. The van der Waals surface area contributed by atoms with Crippen molar-refractivity contribution in [3.8, 4) is 22.5 Å². The zero-order valence-electron chi connectivity index (χ0n) is 18.7. The van der Waals surface area contributed by atoms with Gasteiger partial charge in [-0.2, -0.15) is 0 Å². The molecule has 1 saturated heterocycles. The summed E-state index contributed by atoms with van der Waals surface area (Å²) in [6, 6.07) is 26.3. The molecule has 1 N–H and O–H groups in total. The first kappa shape index (κ1) is 19.9. The molecule has 4 nitrogen and oxygen atoms in total. The van der Waals surface area contributed by atoms with Gasteiger partial charge in [0.1, 0.15) is 11.3 Å². The van der Waals surface area contributed by atoms with E-state index in [0.29, 0.717) is 6.04 Å². The topological polar surface area (TPSA) is 42.7 Å². The molecule has 0 saturated carbocycles. The van der Waals surface area contributed by atoms with Gasteiger partial charge in [-0.25, -0.2) is 9.97 Å². The molecule has 5 heteroatoms. The molecule has 0 unspecified atom stereocenters. The minimum absolute atomic E-state index is 0.402. The Hall–Kier alpha value is -3.54. The number of rotatable bonds is 3. The molecule has 0 atom stereocenters. The highest BCUT2D eigenvalue weighted by Crippen LogP contribution is 2.38. The van der Waals surface area contributed by atoms with Crippen LogP contribution in [0.5, 0.6) is 0 Å². The molecule has 0 amide bonds. The molecule has 1 aliphatic heterocycles. The van der Waals surface area contributed by atoms with Crippen LogP contribution < -0.4 is 5.32 Å². The Morgan fingerprint density at radius 2 is 1.68 bits per heavy atom. The lowest BCUT2D eigenvalue weighted by molar-refractivity contribution is 0.376. The van der Waals surface area contributed by atoms with Gasteiger partial charge in [0.05, 0.1) is 0 Å². The normalized spacial score (nSPS) is 14.9. The maximum atomic E-state index is 5.22. The number of imidazole rings is 1. The van der Waals surface area contributed by atoms with Crippen molar-refractivity contribution in [1.82, 2.24) is 19.9 Å². The van der Waals surface area contributed by atoms with Crippen molar-refractivity contribution >= 4 is 43.4 Å². The Morgan fingerprint density at radius 1 is 0.853 bits per heavy atom. The van der Waals surface area contributed by atoms with Crippen LogP contribution in [0.4, 0.5) is 0 Å². The van der Waals surface area contributed by atoms with Crippen molar-refractivity contribution in [2.75, 3.05) is 13.1 Å². The molecule has 1 aliphatic rings. The third-order valence-electron chi connectivity index (χ3n) is 7.01. The Morgan fingerprint density at radius 3 is 2.59 bits per heavy atom. The summed E-state index contributed by atoms with van der Waals surface area (Å²) in [5.41, 5.74) is 5.45. The molecule has 0 spiro atoms. The number of nitrogens with one attached hydrogen (secondary N) is 1. The highest BCUT2D eigenvalue weighted by atomic mass is 32.1. The van der Waals surface area contributed by atoms with Crippen molar-refractivity contribution < 1.29 is 0 Å². The lowest BCUT2D eigenvalue weighted by Gasteiger charge is -2.25. The van der Waals surface area contributed by atoms with Gasteiger partial charge in [0.25, 0.3) is 0 Å². The highest BCUT2D eigenvalue weighted by Gasteiger charge is 2.24. The van der Waals surface area contributed by atoms with Gasteiger partial charge in [-0.05, 0) is 60.5 Å². The monoisotopic (exact) mass is 460 g/mol. The maximum absolute atomic E-state index is 5.22. The van der Waals surface area contributed by atoms with E-state index in [1.165, 1.54) is 32.0 Å². The molecular formula is C29H24N4S. The molecule has 0 bridgehead atoms. The van der Waals surface area contributed by atoms with Gasteiger partial charge in [0.2, 0.25) is 0 Å². The van der Waals surface area contributed by atoms with Crippen LogP contribution in [0.1, 0.15) is 18.9 Å². The largest absolute Gasteiger partial charge is 0.317 e. The Bertz CT molecular complexity index is 1660. The summed E-state index contributed by atoms with van der Waals surface area (Å²) in [4.78, 5) is 10.2. The number of benzene rings is 3. The predicted molar refractivity (Wildman–Crippen MR) is 142 cm³/mol. The summed E-state index contributed by atoms with van der Waals surface area (Å²) in [5.74, 6) is 1.04. The van der Waals surface area contributed by atoms with Crippen molar-refractivity contribution in [3.63, 3.8) is 0 Å². The van der Waals surface area contributed by atoms with Gasteiger partial charge in [-0.3, -0.25) is 0 Å². The first-order valence-electron chi connectivity index (χ1n) is 11.9. The van der Waals surface area contributed by atoms with Gasteiger partial charge in [-0.1, -0.05) is 54.6 Å². The SMILES string of the molecule is c1ccc2cc(-c3cnc4c(c3)nc(-c3csc5ccccc35)n4C3CCNCC3)ccc2c1. The quantitative estimate of drug-likeness (QED) is 0.307. The average Bonchev–Trinajstić information content (AvgIpc) is 3.50. The van der Waals surface area contributed by atoms with E-state index in [2.05, 4.69) is 88.1 Å². The number of piperidine rings is 1. The van der Waals surface area contributed by atoms with Gasteiger partial charge in [0.15, 0.2) is 5.65 Å². The summed E-state index contributed by atoms with van der Waals surface area (Å²) < 4.78 is 3.71. The third kappa shape index (κ3) is 3.23. The van der Waals surface area contributed by atoms with Crippen LogP contribution in [-0.4, -0.2) is 27.6 Å². The van der Waals surface area contributed by atoms with Crippen molar-refractivity contribution in [1.29, 1.82) is 0 Å². The standard InChI is InChI=1S/C29H24N4S/c1-2-6-20-15-21(10-9-19(20)5-1)22-16-26-29(31-17-22)33(23-11-13-30-14-12-23)28(32-26)25-18-34-27-8-4-3-7-24(25)27/h1-10,15-18,23,30H,11-14H2. The van der Waals surface area contributed by atoms with E-state index in [-0.39, 0.29) is 0 Å². The Balaban J connectivity index is 1.42. The number of nitrogens with zero attached hydrogens (tertiary/aromatic N) is 3. The molecule has 3 aromatic carbocycles. The Kier molecular flexibility index (Phi) is 4.71. The fourth-order valence-electron chi connectivity index (χ4n) is 5.26. The number of fused-ring (bicyclic) bond motifs is 3. The van der Waals surface area contributed by atoms with Gasteiger partial charge in [-0.15, -0.1) is 11.3 Å². The fraction of sp³-hybridized carbons (Fsp3) is 0.172. The second kappa shape index (κ2) is 8.05. The number of thiophene rings is 1. The van der Waals surface area contributed by atoms with E-state index in [4.69, 9.17) is 9.97 Å². The zero-order valence-corrected chi connectivity index (χ0v) is 19.6. The van der Waals surface area contributed by atoms with Crippen molar-refractivity contribution in [3.05, 3.63) is 84.4 Å². The molecule has 6 aromatic rings. The first-order valence-corrected chi connectivity index (χ1v) is 12.8. The maximum Gasteiger partial charge on any atom is 0.160 e. The molecule has 0 aliphatic carbocycles. The molecule has 0 radical (unpaired) electrons. The summed E-state index contributed by atoms with van der Waals surface area (Å²) in [5, 5.41) is 9.52. The summed E-state index contributed by atoms with van der Waals surface area (Å²) in [7, 11) is 0. The first-order chi connectivity index (χ1) is 16.8. The van der Waals surface area contributed by atoms with Crippen LogP contribution in [0.15, 0.2) is 84.4 Å². The third-order valence-corrected chi connectivity index (χ3v) is 7.97. The second-order valence-corrected chi connectivity index (χ2v) is 9.97. The van der Waals surface area contributed by atoms with Gasteiger partial charge < -0.3 is 9.88 Å². The van der Waals surface area contributed by atoms with Crippen LogP contribution in [0.25, 0.3) is 54.5 Å². The number of hydrogen-bond donors (Lipinski definition) is 1. The van der Waals surface area contributed by atoms with Crippen LogP contribution in [-0.2, 0) is 0 Å². The predicted octanol–water partition coefficient (Wildman–Crippen LogP) is 7.06. The molecule has 4 heterocycles.